The van der Waals surface area contributed by atoms with Gasteiger partial charge in [0.15, 0.2) is 11.5 Å². The predicted octanol–water partition coefficient (Wildman–Crippen LogP) is 1.26. The molecule has 0 radical (unpaired) electrons. The molecule has 10 heteroatoms. The van der Waals surface area contributed by atoms with E-state index in [0.717, 1.165) is 6.07 Å². The van der Waals surface area contributed by atoms with E-state index in [9.17, 15) is 13.2 Å². The first kappa shape index (κ1) is 13.1. The number of hydrogen-bond acceptors (Lipinski definition) is 6. The van der Waals surface area contributed by atoms with Crippen LogP contribution in [-0.4, -0.2) is 19.7 Å². The Labute approximate surface area is 105 Å². The summed E-state index contributed by atoms with van der Waals surface area (Å²) in [4.78, 5) is 6.99. The number of nitrogens with zero attached hydrogens (tertiary/aromatic N) is 4. The number of halogens is 3. The first-order valence-corrected chi connectivity index (χ1v) is 5.08. The van der Waals surface area contributed by atoms with Crippen LogP contribution in [0.15, 0.2) is 18.3 Å². The van der Waals surface area contributed by atoms with E-state index in [1.807, 2.05) is 5.43 Å². The fourth-order valence-corrected chi connectivity index (χ4v) is 1.33. The van der Waals surface area contributed by atoms with Gasteiger partial charge in [0.1, 0.15) is 5.82 Å². The average Bonchev–Trinajstić information content (AvgIpc) is 2.73. The number of nitrogen functional groups attached to an aromatic ring is 1. The van der Waals surface area contributed by atoms with Crippen LogP contribution in [0.2, 0.25) is 0 Å². The minimum Gasteiger partial charge on any atom is -0.323 e. The smallest absolute Gasteiger partial charge is 0.323 e. The van der Waals surface area contributed by atoms with Gasteiger partial charge in [-0.05, 0) is 0 Å². The van der Waals surface area contributed by atoms with E-state index in [4.69, 9.17) is 5.84 Å². The van der Waals surface area contributed by atoms with Crippen LogP contribution in [0.5, 0.6) is 0 Å². The molecular formula is C9H10F3N7. The molecule has 0 fully saturated rings. The number of rotatable bonds is 3. The van der Waals surface area contributed by atoms with Gasteiger partial charge in [0.05, 0.1) is 0 Å². The summed E-state index contributed by atoms with van der Waals surface area (Å²) in [7, 11) is 1.68. The second kappa shape index (κ2) is 4.72. The Kier molecular flexibility index (Phi) is 3.25. The van der Waals surface area contributed by atoms with Crippen molar-refractivity contribution in [3.8, 4) is 0 Å². The van der Waals surface area contributed by atoms with E-state index in [1.165, 1.54) is 4.68 Å². The number of hydrogen-bond donors (Lipinski definition) is 3. The maximum absolute atomic E-state index is 12.6. The molecule has 102 valence electrons. The number of alkyl halides is 3. The Balaban J connectivity index is 2.34. The SMILES string of the molecule is Cn1ccc(Nc2cc(C(F)(F)F)nc(NN)n2)n1. The third-order valence-electron chi connectivity index (χ3n) is 2.12. The highest BCUT2D eigenvalue weighted by Crippen LogP contribution is 2.30. The van der Waals surface area contributed by atoms with E-state index in [2.05, 4.69) is 20.4 Å². The summed E-state index contributed by atoms with van der Waals surface area (Å²) in [6, 6.07) is 2.36. The first-order chi connectivity index (χ1) is 8.88. The van der Waals surface area contributed by atoms with E-state index in [1.54, 1.807) is 19.3 Å². The van der Waals surface area contributed by atoms with E-state index >= 15 is 0 Å². The lowest BCUT2D eigenvalue weighted by atomic mass is 10.4. The van der Waals surface area contributed by atoms with Gasteiger partial charge in [-0.1, -0.05) is 0 Å². The quantitative estimate of drug-likeness (QED) is 0.575. The molecule has 0 aromatic carbocycles. The van der Waals surface area contributed by atoms with E-state index < -0.39 is 11.9 Å². The number of nitrogens with one attached hydrogen (secondary N) is 2. The number of anilines is 3. The van der Waals surface area contributed by atoms with Crippen molar-refractivity contribution in [2.75, 3.05) is 10.7 Å². The van der Waals surface area contributed by atoms with Gasteiger partial charge < -0.3 is 5.32 Å². The zero-order valence-electron chi connectivity index (χ0n) is 9.73. The highest BCUT2D eigenvalue weighted by Gasteiger charge is 2.33. The van der Waals surface area contributed by atoms with Gasteiger partial charge >= 0.3 is 6.18 Å². The van der Waals surface area contributed by atoms with Crippen molar-refractivity contribution in [1.82, 2.24) is 19.7 Å². The summed E-state index contributed by atoms with van der Waals surface area (Å²) >= 11 is 0. The van der Waals surface area contributed by atoms with E-state index in [0.29, 0.717) is 5.82 Å². The van der Waals surface area contributed by atoms with Gasteiger partial charge in [0.25, 0.3) is 0 Å². The molecular weight excluding hydrogens is 263 g/mol. The van der Waals surface area contributed by atoms with Crippen LogP contribution in [0, 0.1) is 0 Å². The number of nitrogens with two attached hydrogens (primary N) is 1. The zero-order chi connectivity index (χ0) is 14.0. The summed E-state index contributed by atoms with van der Waals surface area (Å²) in [6.07, 6.45) is -2.95. The third kappa shape index (κ3) is 3.10. The van der Waals surface area contributed by atoms with Crippen molar-refractivity contribution in [2.45, 2.75) is 6.18 Å². The molecule has 0 unspecified atom stereocenters. The molecule has 0 aliphatic carbocycles. The summed E-state index contributed by atoms with van der Waals surface area (Å²) < 4.78 is 39.4. The molecule has 0 bridgehead atoms. The fraction of sp³-hybridized carbons (Fsp3) is 0.222. The lowest BCUT2D eigenvalue weighted by molar-refractivity contribution is -0.141. The zero-order valence-corrected chi connectivity index (χ0v) is 9.73. The second-order valence-corrected chi connectivity index (χ2v) is 3.60. The molecule has 2 rings (SSSR count). The molecule has 2 heterocycles. The molecule has 0 aliphatic rings. The minimum atomic E-state index is -4.59. The fourth-order valence-electron chi connectivity index (χ4n) is 1.33. The number of hydrazine groups is 1. The van der Waals surface area contributed by atoms with Crippen LogP contribution >= 0.6 is 0 Å². The Morgan fingerprint density at radius 3 is 2.53 bits per heavy atom. The van der Waals surface area contributed by atoms with Gasteiger partial charge in [0, 0.05) is 25.4 Å². The molecule has 0 saturated heterocycles. The van der Waals surface area contributed by atoms with Crippen LogP contribution in [-0.2, 0) is 13.2 Å². The molecule has 0 atom stereocenters. The Morgan fingerprint density at radius 1 is 1.26 bits per heavy atom. The number of aryl methyl sites for hydroxylation is 1. The van der Waals surface area contributed by atoms with Crippen LogP contribution in [0.3, 0.4) is 0 Å². The van der Waals surface area contributed by atoms with Gasteiger partial charge in [-0.3, -0.25) is 10.1 Å². The Morgan fingerprint density at radius 2 is 2.00 bits per heavy atom. The van der Waals surface area contributed by atoms with Crippen molar-refractivity contribution in [3.63, 3.8) is 0 Å². The van der Waals surface area contributed by atoms with Crippen LogP contribution < -0.4 is 16.6 Å². The monoisotopic (exact) mass is 273 g/mol. The third-order valence-corrected chi connectivity index (χ3v) is 2.12. The molecule has 19 heavy (non-hydrogen) atoms. The van der Waals surface area contributed by atoms with Crippen LogP contribution in [0.1, 0.15) is 5.69 Å². The van der Waals surface area contributed by atoms with Gasteiger partial charge in [-0.2, -0.15) is 23.3 Å². The molecule has 0 spiro atoms. The van der Waals surface area contributed by atoms with Crippen LogP contribution in [0.25, 0.3) is 0 Å². The van der Waals surface area contributed by atoms with Gasteiger partial charge in [-0.25, -0.2) is 10.8 Å². The molecule has 7 nitrogen and oxygen atoms in total. The van der Waals surface area contributed by atoms with Crippen molar-refractivity contribution in [1.29, 1.82) is 0 Å². The molecule has 2 aromatic rings. The summed E-state index contributed by atoms with van der Waals surface area (Å²) in [5, 5.41) is 6.60. The Hall–Kier alpha value is -2.36. The highest BCUT2D eigenvalue weighted by atomic mass is 19.4. The van der Waals surface area contributed by atoms with Gasteiger partial charge in [0.2, 0.25) is 5.95 Å². The molecule has 0 aliphatic heterocycles. The molecule has 4 N–H and O–H groups in total. The van der Waals surface area contributed by atoms with E-state index in [-0.39, 0.29) is 11.8 Å². The molecule has 0 saturated carbocycles. The topological polar surface area (TPSA) is 93.7 Å². The lowest BCUT2D eigenvalue weighted by Gasteiger charge is -2.10. The maximum atomic E-state index is 12.6. The second-order valence-electron chi connectivity index (χ2n) is 3.60. The molecule has 2 aromatic heterocycles. The predicted molar refractivity (Wildman–Crippen MR) is 61.3 cm³/mol. The highest BCUT2D eigenvalue weighted by molar-refractivity contribution is 5.53. The average molecular weight is 273 g/mol. The summed E-state index contributed by atoms with van der Waals surface area (Å²) in [6.45, 7) is 0. The summed E-state index contributed by atoms with van der Waals surface area (Å²) in [5.41, 5.74) is 0.880. The van der Waals surface area contributed by atoms with Crippen molar-refractivity contribution in [3.05, 3.63) is 24.0 Å². The summed E-state index contributed by atoms with van der Waals surface area (Å²) in [5.74, 6) is 5.00. The minimum absolute atomic E-state index is 0.0611. The maximum Gasteiger partial charge on any atom is 0.433 e. The number of aromatic nitrogens is 4. The molecule has 0 amide bonds. The van der Waals surface area contributed by atoms with Gasteiger partial charge in [-0.15, -0.1) is 0 Å². The largest absolute Gasteiger partial charge is 0.433 e. The van der Waals surface area contributed by atoms with Crippen molar-refractivity contribution >= 4 is 17.6 Å². The lowest BCUT2D eigenvalue weighted by Crippen LogP contribution is -2.16. The normalized spacial score (nSPS) is 11.4. The Bertz CT molecular complexity index is 577. The standard InChI is InChI=1S/C9H10F3N7/c1-19-3-2-6(18-19)15-7-4-5(9(10,11)12)14-8(16-7)17-13/h2-4H,13H2,1H3,(H2,14,15,16,17,18). The van der Waals surface area contributed by atoms with Crippen LogP contribution in [0.4, 0.5) is 30.8 Å². The first-order valence-electron chi connectivity index (χ1n) is 5.08. The van der Waals surface area contributed by atoms with Crippen molar-refractivity contribution < 1.29 is 13.2 Å². The van der Waals surface area contributed by atoms with Crippen molar-refractivity contribution in [2.24, 2.45) is 12.9 Å².